The Morgan fingerprint density at radius 2 is 1.69 bits per heavy atom. The third kappa shape index (κ3) is 2.63. The lowest BCUT2D eigenvalue weighted by atomic mass is 10.0. The lowest BCUT2D eigenvalue weighted by molar-refractivity contribution is -0.124. The first kappa shape index (κ1) is 13.2. The summed E-state index contributed by atoms with van der Waals surface area (Å²) in [5.41, 5.74) is 0.556. The summed E-state index contributed by atoms with van der Waals surface area (Å²) in [6, 6.07) is 10.2. The molecular formula is C14H22NO. The van der Waals surface area contributed by atoms with Gasteiger partial charge in [-0.25, -0.2) is 0 Å². The number of rotatable bonds is 6. The molecule has 1 aromatic rings. The number of hydrogen-bond donors (Lipinski definition) is 0. The van der Waals surface area contributed by atoms with E-state index >= 15 is 0 Å². The highest BCUT2D eigenvalue weighted by Crippen LogP contribution is 2.28. The molecule has 0 aliphatic heterocycles. The summed E-state index contributed by atoms with van der Waals surface area (Å²) >= 11 is 0. The Labute approximate surface area is 99.2 Å². The van der Waals surface area contributed by atoms with Crippen molar-refractivity contribution in [1.29, 1.82) is 0 Å². The summed E-state index contributed by atoms with van der Waals surface area (Å²) in [5.74, 6) is 0. The second-order valence-electron chi connectivity index (χ2n) is 3.76. The second kappa shape index (κ2) is 6.02. The van der Waals surface area contributed by atoms with Crippen LogP contribution in [0.2, 0.25) is 0 Å². The first-order valence-electron chi connectivity index (χ1n) is 5.98. The van der Waals surface area contributed by atoms with E-state index in [1.165, 1.54) is 0 Å². The summed E-state index contributed by atoms with van der Waals surface area (Å²) < 4.78 is 5.87. The molecule has 0 N–H and O–H groups in total. The smallest absolute Gasteiger partial charge is 0.147 e. The predicted octanol–water partition coefficient (Wildman–Crippen LogP) is 3.05. The molecule has 0 saturated carbocycles. The molecule has 0 amide bonds. The van der Waals surface area contributed by atoms with Gasteiger partial charge in [0.25, 0.3) is 0 Å². The van der Waals surface area contributed by atoms with Crippen molar-refractivity contribution in [2.75, 3.05) is 19.7 Å². The van der Waals surface area contributed by atoms with Gasteiger partial charge in [-0.1, -0.05) is 44.2 Å². The van der Waals surface area contributed by atoms with Gasteiger partial charge < -0.3 is 4.74 Å². The normalized spacial score (nSPS) is 15.1. The molecule has 1 atom stereocenters. The van der Waals surface area contributed by atoms with E-state index in [0.717, 1.165) is 18.7 Å². The van der Waals surface area contributed by atoms with E-state index in [4.69, 9.17) is 4.74 Å². The zero-order valence-corrected chi connectivity index (χ0v) is 10.6. The van der Waals surface area contributed by atoms with E-state index in [1.807, 2.05) is 25.1 Å². The van der Waals surface area contributed by atoms with Gasteiger partial charge in [0.05, 0.1) is 0 Å². The molecule has 2 nitrogen and oxygen atoms in total. The highest BCUT2D eigenvalue weighted by atomic mass is 16.5. The van der Waals surface area contributed by atoms with E-state index in [1.54, 1.807) is 0 Å². The molecule has 0 aromatic heterocycles. The minimum absolute atomic E-state index is 0.556. The van der Waals surface area contributed by atoms with Crippen LogP contribution in [-0.4, -0.2) is 24.6 Å². The van der Waals surface area contributed by atoms with Crippen molar-refractivity contribution in [3.05, 3.63) is 42.8 Å². The number of hydrogen-bond acceptors (Lipinski definition) is 2. The van der Waals surface area contributed by atoms with Gasteiger partial charge in [-0.3, -0.25) is 4.90 Å². The molecule has 0 fully saturated rings. The Morgan fingerprint density at radius 1 is 1.12 bits per heavy atom. The van der Waals surface area contributed by atoms with Crippen LogP contribution in [0.15, 0.2) is 30.3 Å². The Kier molecular flexibility index (Phi) is 4.97. The van der Waals surface area contributed by atoms with Crippen molar-refractivity contribution in [2.45, 2.75) is 26.5 Å². The highest BCUT2D eigenvalue weighted by Gasteiger charge is 2.32. The molecule has 0 aliphatic rings. The second-order valence-corrected chi connectivity index (χ2v) is 3.76. The zero-order valence-electron chi connectivity index (χ0n) is 10.6. The lowest BCUT2D eigenvalue weighted by Gasteiger charge is -2.40. The molecule has 0 heterocycles. The van der Waals surface area contributed by atoms with E-state index in [9.17, 15) is 0 Å². The quantitative estimate of drug-likeness (QED) is 0.683. The first-order valence-corrected chi connectivity index (χ1v) is 5.98. The van der Waals surface area contributed by atoms with Crippen LogP contribution in [0.3, 0.4) is 0 Å². The maximum absolute atomic E-state index is 5.87. The summed E-state index contributed by atoms with van der Waals surface area (Å²) in [6.45, 7) is 13.1. The number of benzene rings is 1. The molecule has 1 aromatic carbocycles. The van der Waals surface area contributed by atoms with Crippen molar-refractivity contribution in [1.82, 2.24) is 4.90 Å². The fraction of sp³-hybridized carbons (Fsp3) is 0.500. The molecular weight excluding hydrogens is 198 g/mol. The fourth-order valence-electron chi connectivity index (χ4n) is 2.03. The van der Waals surface area contributed by atoms with Crippen molar-refractivity contribution in [3.63, 3.8) is 0 Å². The summed E-state index contributed by atoms with van der Waals surface area (Å²) in [6.07, 6.45) is 0. The third-order valence-corrected chi connectivity index (χ3v) is 2.88. The minimum Gasteiger partial charge on any atom is -0.356 e. The first-order chi connectivity index (χ1) is 7.69. The topological polar surface area (TPSA) is 12.5 Å². The van der Waals surface area contributed by atoms with Crippen LogP contribution in [0.5, 0.6) is 0 Å². The summed E-state index contributed by atoms with van der Waals surface area (Å²) in [5, 5.41) is 0. The van der Waals surface area contributed by atoms with Crippen LogP contribution in [0, 0.1) is 6.92 Å². The van der Waals surface area contributed by atoms with Gasteiger partial charge >= 0.3 is 0 Å². The Bertz CT molecular complexity index is 295. The van der Waals surface area contributed by atoms with Gasteiger partial charge in [-0.2, -0.15) is 0 Å². The molecule has 1 unspecified atom stereocenters. The zero-order chi connectivity index (χ0) is 12.0. The summed E-state index contributed by atoms with van der Waals surface area (Å²) in [7, 11) is 0. The fourth-order valence-corrected chi connectivity index (χ4v) is 2.03. The van der Waals surface area contributed by atoms with E-state index in [-0.39, 0.29) is 0 Å². The average molecular weight is 220 g/mol. The average Bonchev–Trinajstić information content (AvgIpc) is 2.32. The number of nitrogens with zero attached hydrogens (tertiary/aromatic N) is 1. The molecule has 0 bridgehead atoms. The van der Waals surface area contributed by atoms with Crippen molar-refractivity contribution >= 4 is 0 Å². The molecule has 2 heteroatoms. The van der Waals surface area contributed by atoms with Crippen LogP contribution >= 0.6 is 0 Å². The SMILES string of the molecule is [CH2]C(OCC)(c1ccccc1)N(CC)CC. The van der Waals surface area contributed by atoms with Crippen LogP contribution in [0.4, 0.5) is 0 Å². The van der Waals surface area contributed by atoms with Crippen LogP contribution in [0.25, 0.3) is 0 Å². The van der Waals surface area contributed by atoms with Crippen molar-refractivity contribution in [3.8, 4) is 0 Å². The maximum Gasteiger partial charge on any atom is 0.147 e. The monoisotopic (exact) mass is 220 g/mol. The third-order valence-electron chi connectivity index (χ3n) is 2.88. The van der Waals surface area contributed by atoms with Gasteiger partial charge in [-0.15, -0.1) is 0 Å². The van der Waals surface area contributed by atoms with Gasteiger partial charge in [0, 0.05) is 6.61 Å². The Hall–Kier alpha value is -0.860. The molecule has 89 valence electrons. The van der Waals surface area contributed by atoms with Crippen LogP contribution in [-0.2, 0) is 10.5 Å². The highest BCUT2D eigenvalue weighted by molar-refractivity contribution is 5.23. The van der Waals surface area contributed by atoms with E-state index in [0.29, 0.717) is 6.61 Å². The molecule has 1 radical (unpaired) electrons. The Morgan fingerprint density at radius 3 is 2.12 bits per heavy atom. The maximum atomic E-state index is 5.87. The lowest BCUT2D eigenvalue weighted by Crippen LogP contribution is -2.46. The largest absolute Gasteiger partial charge is 0.356 e. The van der Waals surface area contributed by atoms with Crippen LogP contribution < -0.4 is 0 Å². The van der Waals surface area contributed by atoms with Gasteiger partial charge in [0.2, 0.25) is 0 Å². The Balaban J connectivity index is 3.05. The molecule has 16 heavy (non-hydrogen) atoms. The van der Waals surface area contributed by atoms with Gasteiger partial charge in [-0.05, 0) is 32.5 Å². The molecule has 0 aliphatic carbocycles. The predicted molar refractivity (Wildman–Crippen MR) is 68.0 cm³/mol. The molecule has 0 saturated heterocycles. The number of ether oxygens (including phenoxy) is 1. The minimum atomic E-state index is -0.556. The standard InChI is InChI=1S/C14H22NO/c1-5-15(6-2)14(4,16-7-3)13-11-9-8-10-12-13/h8-12H,4-7H2,1-3H3. The van der Waals surface area contributed by atoms with E-state index in [2.05, 4.69) is 37.8 Å². The summed E-state index contributed by atoms with van der Waals surface area (Å²) in [4.78, 5) is 2.23. The van der Waals surface area contributed by atoms with Crippen molar-refractivity contribution < 1.29 is 4.74 Å². The van der Waals surface area contributed by atoms with Gasteiger partial charge in [0.1, 0.15) is 5.72 Å². The van der Waals surface area contributed by atoms with Crippen molar-refractivity contribution in [2.24, 2.45) is 0 Å². The molecule has 1 rings (SSSR count). The van der Waals surface area contributed by atoms with E-state index < -0.39 is 5.72 Å². The van der Waals surface area contributed by atoms with Gasteiger partial charge in [0.15, 0.2) is 0 Å². The molecule has 0 spiro atoms. The van der Waals surface area contributed by atoms with Crippen LogP contribution in [0.1, 0.15) is 26.3 Å².